The van der Waals surface area contributed by atoms with Crippen molar-refractivity contribution in [1.82, 2.24) is 0 Å². The van der Waals surface area contributed by atoms with Crippen LogP contribution in [-0.4, -0.2) is 5.60 Å². The number of ether oxygens (including phenoxy) is 1. The maximum Gasteiger partial charge on any atom is 0.135 e. The molecular formula is C58H42O. The Balaban J connectivity index is 0.965. The topological polar surface area (TPSA) is 9.23 Å². The highest BCUT2D eigenvalue weighted by Crippen LogP contribution is 2.53. The minimum absolute atomic E-state index is 0.180. The number of hydrogen-bond donors (Lipinski definition) is 0. The summed E-state index contributed by atoms with van der Waals surface area (Å²) in [6, 6.07) is 63.6. The Kier molecular flexibility index (Phi) is 7.24. The van der Waals surface area contributed by atoms with Crippen molar-refractivity contribution in [3.05, 3.63) is 211 Å². The van der Waals surface area contributed by atoms with Gasteiger partial charge in [-0.05, 0) is 148 Å². The molecule has 0 N–H and O–H groups in total. The van der Waals surface area contributed by atoms with Crippen LogP contribution in [0.1, 0.15) is 43.4 Å². The van der Waals surface area contributed by atoms with E-state index in [-0.39, 0.29) is 16.9 Å². The molecule has 9 aromatic carbocycles. The molecular weight excluding hydrogens is 713 g/mol. The summed E-state index contributed by atoms with van der Waals surface area (Å²) in [4.78, 5) is 0. The van der Waals surface area contributed by atoms with Crippen LogP contribution in [0.3, 0.4) is 0 Å². The largest absolute Gasteiger partial charge is 0.482 e. The Morgan fingerprint density at radius 1 is 0.424 bits per heavy atom. The smallest absolute Gasteiger partial charge is 0.135 e. The van der Waals surface area contributed by atoms with Crippen LogP contribution in [0, 0.1) is 0 Å². The van der Waals surface area contributed by atoms with Crippen LogP contribution in [-0.2, 0) is 5.41 Å². The molecule has 0 amide bonds. The van der Waals surface area contributed by atoms with Crippen molar-refractivity contribution < 1.29 is 4.74 Å². The highest BCUT2D eigenvalue weighted by atomic mass is 16.5. The second-order valence-corrected chi connectivity index (χ2v) is 17.4. The van der Waals surface area contributed by atoms with E-state index >= 15 is 0 Å². The number of hydrogen-bond acceptors (Lipinski definition) is 1. The summed E-state index contributed by atoms with van der Waals surface area (Å²) in [5.74, 6) is 1.21. The minimum Gasteiger partial charge on any atom is -0.482 e. The van der Waals surface area contributed by atoms with E-state index in [1.54, 1.807) is 0 Å². The molecule has 9 aromatic rings. The monoisotopic (exact) mass is 754 g/mol. The zero-order chi connectivity index (χ0) is 39.5. The SMILES string of the molecule is CC1(C)c2cc(-c3ccc4c(c3)C3C=CC=CC3(C)O4)ccc2-c2ccc(-c3c4ccccc4c(-c4cccc(-c5ccc6ccccc6c5)c4)c4ccccc34)cc21. The summed E-state index contributed by atoms with van der Waals surface area (Å²) in [7, 11) is 0. The van der Waals surface area contributed by atoms with Gasteiger partial charge in [-0.3, -0.25) is 0 Å². The minimum atomic E-state index is -0.324. The van der Waals surface area contributed by atoms with E-state index in [1.807, 2.05) is 0 Å². The zero-order valence-corrected chi connectivity index (χ0v) is 33.5. The number of rotatable bonds is 4. The molecule has 12 rings (SSSR count). The first-order valence-corrected chi connectivity index (χ1v) is 20.9. The highest BCUT2D eigenvalue weighted by Gasteiger charge is 2.43. The summed E-state index contributed by atoms with van der Waals surface area (Å²) in [6.45, 7) is 6.98. The Morgan fingerprint density at radius 2 is 0.949 bits per heavy atom. The number of benzene rings is 9. The van der Waals surface area contributed by atoms with Crippen molar-refractivity contribution in [3.63, 3.8) is 0 Å². The first-order valence-electron chi connectivity index (χ1n) is 20.9. The predicted molar refractivity (Wildman–Crippen MR) is 248 cm³/mol. The Bertz CT molecular complexity index is 3250. The lowest BCUT2D eigenvalue weighted by molar-refractivity contribution is 0.155. The second kappa shape index (κ2) is 12.5. The third kappa shape index (κ3) is 5.11. The van der Waals surface area contributed by atoms with Gasteiger partial charge in [-0.25, -0.2) is 0 Å². The van der Waals surface area contributed by atoms with Crippen molar-refractivity contribution in [2.45, 2.75) is 37.7 Å². The maximum absolute atomic E-state index is 6.46. The summed E-state index contributed by atoms with van der Waals surface area (Å²) in [6.07, 6.45) is 8.71. The van der Waals surface area contributed by atoms with E-state index in [0.717, 1.165) is 5.75 Å². The predicted octanol–water partition coefficient (Wildman–Crippen LogP) is 15.5. The highest BCUT2D eigenvalue weighted by molar-refractivity contribution is 6.21. The molecule has 59 heavy (non-hydrogen) atoms. The molecule has 0 aromatic heterocycles. The molecule has 2 aliphatic carbocycles. The van der Waals surface area contributed by atoms with Crippen molar-refractivity contribution in [3.8, 4) is 61.4 Å². The molecule has 0 saturated carbocycles. The zero-order valence-electron chi connectivity index (χ0n) is 33.5. The fraction of sp³-hybridized carbons (Fsp3) is 0.103. The molecule has 0 spiro atoms. The van der Waals surface area contributed by atoms with Crippen molar-refractivity contribution in [2.75, 3.05) is 0 Å². The molecule has 0 saturated heterocycles. The normalized spacial score (nSPS) is 18.1. The molecule has 1 heteroatoms. The van der Waals surface area contributed by atoms with Gasteiger partial charge < -0.3 is 4.74 Å². The van der Waals surface area contributed by atoms with Crippen molar-refractivity contribution in [2.24, 2.45) is 0 Å². The van der Waals surface area contributed by atoms with Crippen LogP contribution in [0.5, 0.6) is 5.75 Å². The van der Waals surface area contributed by atoms with E-state index in [9.17, 15) is 0 Å². The third-order valence-electron chi connectivity index (χ3n) is 13.6. The van der Waals surface area contributed by atoms with Gasteiger partial charge >= 0.3 is 0 Å². The third-order valence-corrected chi connectivity index (χ3v) is 13.6. The van der Waals surface area contributed by atoms with Crippen LogP contribution < -0.4 is 4.74 Å². The van der Waals surface area contributed by atoms with Gasteiger partial charge in [-0.2, -0.15) is 0 Å². The first-order chi connectivity index (χ1) is 28.8. The van der Waals surface area contributed by atoms with Gasteiger partial charge in [0.2, 0.25) is 0 Å². The summed E-state index contributed by atoms with van der Waals surface area (Å²) in [5, 5.41) is 7.60. The maximum atomic E-state index is 6.46. The van der Waals surface area contributed by atoms with E-state index < -0.39 is 0 Å². The molecule has 2 atom stereocenters. The van der Waals surface area contributed by atoms with E-state index in [4.69, 9.17) is 4.74 Å². The first kappa shape index (κ1) is 34.1. The van der Waals surface area contributed by atoms with Gasteiger partial charge in [0.05, 0.1) is 0 Å². The van der Waals surface area contributed by atoms with Crippen LogP contribution in [0.25, 0.3) is 88.0 Å². The van der Waals surface area contributed by atoms with E-state index in [2.05, 4.69) is 215 Å². The summed E-state index contributed by atoms with van der Waals surface area (Å²) >= 11 is 0. The Morgan fingerprint density at radius 3 is 1.66 bits per heavy atom. The summed E-state index contributed by atoms with van der Waals surface area (Å²) < 4.78 is 6.46. The molecule has 0 bridgehead atoms. The molecule has 2 unspecified atom stereocenters. The fourth-order valence-corrected chi connectivity index (χ4v) is 10.6. The van der Waals surface area contributed by atoms with Gasteiger partial charge in [-0.15, -0.1) is 0 Å². The van der Waals surface area contributed by atoms with Gasteiger partial charge in [0.25, 0.3) is 0 Å². The fourth-order valence-electron chi connectivity index (χ4n) is 10.6. The van der Waals surface area contributed by atoms with E-state index in [1.165, 1.54) is 105 Å². The lowest BCUT2D eigenvalue weighted by Gasteiger charge is -2.27. The van der Waals surface area contributed by atoms with Crippen LogP contribution in [0.2, 0.25) is 0 Å². The molecule has 3 aliphatic rings. The van der Waals surface area contributed by atoms with Gasteiger partial charge in [-0.1, -0.05) is 166 Å². The summed E-state index contributed by atoms with van der Waals surface area (Å²) in [5.41, 5.74) is 16.2. The standard InChI is InChI=1S/C58H42O/c1-57(2)52-34-41(40-26-29-54-50(33-40)51-21-10-11-30-58(51,3)59-54)24-27-44(52)45-28-25-43(35-53(45)57)56-48-19-8-6-17-46(48)55(47-18-7-9-20-49(47)56)42-16-12-15-38(32-42)39-23-22-36-13-4-5-14-37(36)31-39/h4-35,51H,1-3H3. The molecule has 1 aliphatic heterocycles. The van der Waals surface area contributed by atoms with Gasteiger partial charge in [0.15, 0.2) is 0 Å². The van der Waals surface area contributed by atoms with E-state index in [0.29, 0.717) is 0 Å². The molecule has 1 heterocycles. The molecule has 280 valence electrons. The van der Waals surface area contributed by atoms with Crippen molar-refractivity contribution in [1.29, 1.82) is 0 Å². The number of allylic oxidation sites excluding steroid dienone is 2. The Hall–Kier alpha value is -6.96. The number of fused-ring (bicyclic) bond motifs is 9. The molecule has 0 fully saturated rings. The average molecular weight is 755 g/mol. The second-order valence-electron chi connectivity index (χ2n) is 17.4. The van der Waals surface area contributed by atoms with Crippen LogP contribution in [0.4, 0.5) is 0 Å². The average Bonchev–Trinajstić information content (AvgIpc) is 3.70. The molecule has 0 radical (unpaired) electrons. The Labute approximate surface area is 345 Å². The quantitative estimate of drug-likeness (QED) is 0.163. The van der Waals surface area contributed by atoms with Gasteiger partial charge in [0.1, 0.15) is 11.4 Å². The molecule has 1 nitrogen and oxygen atoms in total. The van der Waals surface area contributed by atoms with Crippen LogP contribution in [0.15, 0.2) is 194 Å². The lowest BCUT2D eigenvalue weighted by atomic mass is 9.79. The van der Waals surface area contributed by atoms with Crippen molar-refractivity contribution >= 4 is 32.3 Å². The lowest BCUT2D eigenvalue weighted by Crippen LogP contribution is -2.32. The van der Waals surface area contributed by atoms with Gasteiger partial charge in [0, 0.05) is 16.9 Å². The van der Waals surface area contributed by atoms with Crippen LogP contribution >= 0.6 is 0 Å².